The number of nitrogens with zero attached hydrogens (tertiary/aromatic N) is 2. The summed E-state index contributed by atoms with van der Waals surface area (Å²) in [5, 5.41) is 8.66. The maximum atomic E-state index is 13.4. The van der Waals surface area contributed by atoms with Gasteiger partial charge in [-0.15, -0.1) is 0 Å². The van der Waals surface area contributed by atoms with Crippen LogP contribution in [0.1, 0.15) is 29.3 Å². The van der Waals surface area contributed by atoms with Crippen LogP contribution in [0.2, 0.25) is 0 Å². The number of hydrazone groups is 1. The standard InChI is InChI=1S/C22H19F2N3O2/c1-14-4-6-15(7-5-14)19-12-20(21-3-2-8-29-21)27(26-19)22(28)13-25-18-10-16(23)9-17(24)11-18/h2-11,20,25H,12-13H2,1H3/t20-/m1/s1. The Bertz CT molecular complexity index is 1030. The van der Waals surface area contributed by atoms with E-state index in [-0.39, 0.29) is 24.2 Å². The van der Waals surface area contributed by atoms with Crippen LogP contribution in [0, 0.1) is 18.6 Å². The van der Waals surface area contributed by atoms with Crippen LogP contribution in [-0.2, 0) is 4.79 Å². The summed E-state index contributed by atoms with van der Waals surface area (Å²) in [7, 11) is 0. The van der Waals surface area contributed by atoms with Crippen molar-refractivity contribution in [2.45, 2.75) is 19.4 Å². The second-order valence-electron chi connectivity index (χ2n) is 6.90. The molecule has 7 heteroatoms. The lowest BCUT2D eigenvalue weighted by Crippen LogP contribution is -2.32. The first-order valence-corrected chi connectivity index (χ1v) is 9.19. The van der Waals surface area contributed by atoms with Gasteiger partial charge in [-0.3, -0.25) is 4.79 Å². The van der Waals surface area contributed by atoms with E-state index >= 15 is 0 Å². The van der Waals surface area contributed by atoms with E-state index in [0.29, 0.717) is 12.2 Å². The highest BCUT2D eigenvalue weighted by molar-refractivity contribution is 6.03. The zero-order valence-electron chi connectivity index (χ0n) is 15.7. The third-order valence-electron chi connectivity index (χ3n) is 4.73. The summed E-state index contributed by atoms with van der Waals surface area (Å²) in [6.45, 7) is 1.84. The van der Waals surface area contributed by atoms with Crippen molar-refractivity contribution in [3.05, 3.63) is 89.4 Å². The van der Waals surface area contributed by atoms with Crippen LogP contribution in [0.25, 0.3) is 0 Å². The number of aryl methyl sites for hydroxylation is 1. The minimum Gasteiger partial charge on any atom is -0.467 e. The summed E-state index contributed by atoms with van der Waals surface area (Å²) in [5.74, 6) is -1.14. The number of halogens is 2. The maximum absolute atomic E-state index is 13.4. The molecule has 4 rings (SSSR count). The monoisotopic (exact) mass is 395 g/mol. The van der Waals surface area contributed by atoms with Gasteiger partial charge in [-0.1, -0.05) is 29.8 Å². The van der Waals surface area contributed by atoms with Crippen molar-refractivity contribution in [3.63, 3.8) is 0 Å². The fraction of sp³-hybridized carbons (Fsp3) is 0.182. The van der Waals surface area contributed by atoms with Crippen LogP contribution in [0.4, 0.5) is 14.5 Å². The molecule has 1 aromatic heterocycles. The first-order valence-electron chi connectivity index (χ1n) is 9.19. The van der Waals surface area contributed by atoms with E-state index in [1.54, 1.807) is 18.4 Å². The number of furan rings is 1. The second-order valence-corrected chi connectivity index (χ2v) is 6.90. The van der Waals surface area contributed by atoms with E-state index in [4.69, 9.17) is 4.42 Å². The highest BCUT2D eigenvalue weighted by Crippen LogP contribution is 2.33. The summed E-state index contributed by atoms with van der Waals surface area (Å²) < 4.78 is 32.2. The average molecular weight is 395 g/mol. The summed E-state index contributed by atoms with van der Waals surface area (Å²) in [4.78, 5) is 12.9. The van der Waals surface area contributed by atoms with Crippen molar-refractivity contribution in [2.75, 3.05) is 11.9 Å². The van der Waals surface area contributed by atoms with Crippen LogP contribution in [0.5, 0.6) is 0 Å². The molecule has 0 unspecified atom stereocenters. The number of hydrogen-bond donors (Lipinski definition) is 1. The Labute approximate surface area is 166 Å². The number of carbonyl (C=O) groups is 1. The molecule has 29 heavy (non-hydrogen) atoms. The summed E-state index contributed by atoms with van der Waals surface area (Å²) >= 11 is 0. The molecule has 1 atom stereocenters. The number of amides is 1. The van der Waals surface area contributed by atoms with E-state index in [1.807, 2.05) is 31.2 Å². The molecule has 1 amide bonds. The predicted octanol–water partition coefficient (Wildman–Crippen LogP) is 4.66. The van der Waals surface area contributed by atoms with Gasteiger partial charge in [0.25, 0.3) is 5.91 Å². The zero-order chi connectivity index (χ0) is 20.4. The number of anilines is 1. The van der Waals surface area contributed by atoms with Crippen molar-refractivity contribution in [1.29, 1.82) is 0 Å². The summed E-state index contributed by atoms with van der Waals surface area (Å²) in [5.41, 5.74) is 3.03. The van der Waals surface area contributed by atoms with E-state index < -0.39 is 11.6 Å². The van der Waals surface area contributed by atoms with Crippen molar-refractivity contribution in [2.24, 2.45) is 5.10 Å². The first kappa shape index (κ1) is 18.9. The minimum absolute atomic E-state index is 0.162. The van der Waals surface area contributed by atoms with Crippen molar-refractivity contribution >= 4 is 17.3 Å². The molecule has 0 fully saturated rings. The number of rotatable bonds is 5. The Morgan fingerprint density at radius 1 is 1.17 bits per heavy atom. The van der Waals surface area contributed by atoms with Gasteiger partial charge in [0.1, 0.15) is 23.4 Å². The van der Waals surface area contributed by atoms with Crippen LogP contribution >= 0.6 is 0 Å². The van der Waals surface area contributed by atoms with Crippen LogP contribution in [0.3, 0.4) is 0 Å². The number of carbonyl (C=O) groups excluding carboxylic acids is 1. The Hall–Kier alpha value is -3.48. The molecule has 0 saturated heterocycles. The molecule has 1 N–H and O–H groups in total. The Morgan fingerprint density at radius 2 is 1.90 bits per heavy atom. The lowest BCUT2D eigenvalue weighted by atomic mass is 10.0. The largest absolute Gasteiger partial charge is 0.467 e. The van der Waals surface area contributed by atoms with Crippen molar-refractivity contribution in [3.8, 4) is 0 Å². The van der Waals surface area contributed by atoms with Gasteiger partial charge >= 0.3 is 0 Å². The predicted molar refractivity (Wildman–Crippen MR) is 105 cm³/mol. The highest BCUT2D eigenvalue weighted by Gasteiger charge is 2.34. The van der Waals surface area contributed by atoms with Crippen LogP contribution < -0.4 is 5.32 Å². The topological polar surface area (TPSA) is 57.8 Å². The summed E-state index contributed by atoms with van der Waals surface area (Å²) in [6.07, 6.45) is 2.06. The Kier molecular flexibility index (Phi) is 5.12. The molecule has 148 valence electrons. The number of hydrogen-bond acceptors (Lipinski definition) is 4. The van der Waals surface area contributed by atoms with E-state index in [0.717, 1.165) is 35.0 Å². The van der Waals surface area contributed by atoms with Gasteiger partial charge in [-0.25, -0.2) is 13.8 Å². The molecule has 2 heterocycles. The molecule has 1 aliphatic rings. The lowest BCUT2D eigenvalue weighted by molar-refractivity contribution is -0.131. The zero-order valence-corrected chi connectivity index (χ0v) is 15.7. The molecule has 0 bridgehead atoms. The lowest BCUT2D eigenvalue weighted by Gasteiger charge is -2.20. The summed E-state index contributed by atoms with van der Waals surface area (Å²) in [6, 6.07) is 14.1. The van der Waals surface area contributed by atoms with Gasteiger partial charge in [0.05, 0.1) is 18.5 Å². The maximum Gasteiger partial charge on any atom is 0.262 e. The fourth-order valence-electron chi connectivity index (χ4n) is 3.28. The number of benzene rings is 2. The Morgan fingerprint density at radius 3 is 2.55 bits per heavy atom. The van der Waals surface area contributed by atoms with E-state index in [9.17, 15) is 13.6 Å². The molecule has 5 nitrogen and oxygen atoms in total. The van der Waals surface area contributed by atoms with Crippen LogP contribution in [0.15, 0.2) is 70.4 Å². The number of nitrogens with one attached hydrogen (secondary N) is 1. The average Bonchev–Trinajstić information content (AvgIpc) is 3.35. The van der Waals surface area contributed by atoms with Gasteiger partial charge in [-0.05, 0) is 36.8 Å². The molecule has 0 saturated carbocycles. The van der Waals surface area contributed by atoms with Gasteiger partial charge in [0, 0.05) is 18.2 Å². The normalized spacial score (nSPS) is 16.0. The minimum atomic E-state index is -0.714. The first-order chi connectivity index (χ1) is 14.0. The molecule has 1 aliphatic heterocycles. The van der Waals surface area contributed by atoms with Gasteiger partial charge in [-0.2, -0.15) is 5.10 Å². The van der Waals surface area contributed by atoms with Gasteiger partial charge < -0.3 is 9.73 Å². The van der Waals surface area contributed by atoms with Crippen molar-refractivity contribution in [1.82, 2.24) is 5.01 Å². The molecule has 0 aliphatic carbocycles. The molecule has 3 aromatic rings. The SMILES string of the molecule is Cc1ccc(C2=NN(C(=O)CNc3cc(F)cc(F)c3)[C@@H](c3ccco3)C2)cc1. The third-order valence-corrected chi connectivity index (χ3v) is 4.73. The molecular weight excluding hydrogens is 376 g/mol. The van der Waals surface area contributed by atoms with E-state index in [1.165, 1.54) is 5.01 Å². The van der Waals surface area contributed by atoms with Crippen LogP contribution in [-0.4, -0.2) is 23.2 Å². The smallest absolute Gasteiger partial charge is 0.262 e. The van der Waals surface area contributed by atoms with Gasteiger partial charge in [0.15, 0.2) is 0 Å². The van der Waals surface area contributed by atoms with E-state index in [2.05, 4.69) is 10.4 Å². The third kappa shape index (κ3) is 4.18. The fourth-order valence-corrected chi connectivity index (χ4v) is 3.28. The van der Waals surface area contributed by atoms with Crippen molar-refractivity contribution < 1.29 is 18.0 Å². The molecular formula is C22H19F2N3O2. The highest BCUT2D eigenvalue weighted by atomic mass is 19.1. The quantitative estimate of drug-likeness (QED) is 0.684. The molecule has 0 spiro atoms. The molecule has 0 radical (unpaired) electrons. The molecule has 2 aromatic carbocycles. The second kappa shape index (κ2) is 7.87. The Balaban J connectivity index is 1.55. The van der Waals surface area contributed by atoms with Gasteiger partial charge in [0.2, 0.25) is 0 Å².